The lowest BCUT2D eigenvalue weighted by Gasteiger charge is -2.55. The Labute approximate surface area is 137 Å². The van der Waals surface area contributed by atoms with Crippen LogP contribution in [0.15, 0.2) is 41.9 Å². The highest BCUT2D eigenvalue weighted by Gasteiger charge is 2.67. The van der Waals surface area contributed by atoms with Gasteiger partial charge in [0, 0.05) is 30.1 Å². The highest BCUT2D eigenvalue weighted by molar-refractivity contribution is 6.06. The van der Waals surface area contributed by atoms with Crippen LogP contribution in [0.3, 0.4) is 0 Å². The van der Waals surface area contributed by atoms with Gasteiger partial charge in [0.25, 0.3) is 0 Å². The number of fused-ring (bicyclic) bond motifs is 1. The van der Waals surface area contributed by atoms with Crippen LogP contribution < -0.4 is 0 Å². The van der Waals surface area contributed by atoms with Crippen molar-refractivity contribution in [1.82, 2.24) is 4.90 Å². The zero-order valence-corrected chi connectivity index (χ0v) is 13.4. The number of carbonyl (C=O) groups is 1. The average Bonchev–Trinajstić information content (AvgIpc) is 3.11. The zero-order chi connectivity index (χ0) is 15.7. The molecule has 5 rings (SSSR count). The van der Waals surface area contributed by atoms with Crippen molar-refractivity contribution < 1.29 is 4.79 Å². The van der Waals surface area contributed by atoms with Gasteiger partial charge in [-0.2, -0.15) is 0 Å². The Bertz CT molecular complexity index is 752. The summed E-state index contributed by atoms with van der Waals surface area (Å²) in [6, 6.07) is 8.87. The Morgan fingerprint density at radius 1 is 1.26 bits per heavy atom. The summed E-state index contributed by atoms with van der Waals surface area (Å²) in [5.74, 6) is 0.461. The molecule has 0 N–H and O–H groups in total. The maximum Gasteiger partial charge on any atom is 0.142 e. The number of aliphatic imine (C=N–C) groups is 1. The number of ketones is 1. The minimum atomic E-state index is -0.243. The first-order valence-corrected chi connectivity index (χ1v) is 8.78. The predicted octanol–water partition coefficient (Wildman–Crippen LogP) is 3.41. The van der Waals surface area contributed by atoms with E-state index in [-0.39, 0.29) is 16.9 Å². The summed E-state index contributed by atoms with van der Waals surface area (Å²) in [6.07, 6.45) is 6.49. The van der Waals surface area contributed by atoms with E-state index in [1.54, 1.807) is 0 Å². The predicted molar refractivity (Wildman–Crippen MR) is 91.3 cm³/mol. The lowest BCUT2D eigenvalue weighted by atomic mass is 9.52. The van der Waals surface area contributed by atoms with Crippen molar-refractivity contribution in [2.75, 3.05) is 13.1 Å². The average molecular weight is 306 g/mol. The van der Waals surface area contributed by atoms with E-state index < -0.39 is 0 Å². The number of benzene rings is 1. The molecule has 1 saturated carbocycles. The van der Waals surface area contributed by atoms with Gasteiger partial charge in [0.2, 0.25) is 0 Å². The largest absolute Gasteiger partial charge is 0.299 e. The van der Waals surface area contributed by atoms with Gasteiger partial charge in [0.1, 0.15) is 5.78 Å². The Hall–Kier alpha value is -1.74. The third-order valence-corrected chi connectivity index (χ3v) is 6.80. The highest BCUT2D eigenvalue weighted by Crippen LogP contribution is 2.61. The van der Waals surface area contributed by atoms with Crippen LogP contribution in [0.4, 0.5) is 5.69 Å². The molecule has 0 bridgehead atoms. The Kier molecular flexibility index (Phi) is 2.63. The minimum Gasteiger partial charge on any atom is -0.299 e. The second-order valence-electron chi connectivity index (χ2n) is 7.56. The Balaban J connectivity index is 1.76. The lowest BCUT2D eigenvalue weighted by Crippen LogP contribution is -2.65. The van der Waals surface area contributed by atoms with Crippen molar-refractivity contribution in [1.29, 1.82) is 0 Å². The molecule has 1 aliphatic carbocycles. The molecule has 0 unspecified atom stereocenters. The topological polar surface area (TPSA) is 32.7 Å². The van der Waals surface area contributed by atoms with Gasteiger partial charge in [-0.3, -0.25) is 14.7 Å². The van der Waals surface area contributed by atoms with Gasteiger partial charge in [-0.15, -0.1) is 6.58 Å². The van der Waals surface area contributed by atoms with Crippen LogP contribution in [-0.4, -0.2) is 35.5 Å². The van der Waals surface area contributed by atoms with E-state index in [4.69, 9.17) is 4.99 Å². The third kappa shape index (κ3) is 1.45. The van der Waals surface area contributed by atoms with Gasteiger partial charge in [-0.05, 0) is 43.9 Å². The molecule has 2 saturated heterocycles. The highest BCUT2D eigenvalue weighted by atomic mass is 16.1. The molecular weight excluding hydrogens is 284 g/mol. The molecule has 3 heteroatoms. The maximum absolute atomic E-state index is 13.0. The second kappa shape index (κ2) is 4.41. The molecule has 0 aromatic heterocycles. The van der Waals surface area contributed by atoms with Gasteiger partial charge in [-0.25, -0.2) is 0 Å². The first-order chi connectivity index (χ1) is 11.2. The van der Waals surface area contributed by atoms with Crippen molar-refractivity contribution in [3.8, 4) is 0 Å². The summed E-state index contributed by atoms with van der Waals surface area (Å²) in [5.41, 5.74) is 3.57. The van der Waals surface area contributed by atoms with Crippen LogP contribution in [0.1, 0.15) is 37.7 Å². The molecule has 1 aromatic rings. The Morgan fingerprint density at radius 2 is 2.13 bits per heavy atom. The fourth-order valence-corrected chi connectivity index (χ4v) is 6.02. The van der Waals surface area contributed by atoms with E-state index in [0.29, 0.717) is 12.2 Å². The van der Waals surface area contributed by atoms with Crippen LogP contribution in [0, 0.1) is 5.41 Å². The summed E-state index contributed by atoms with van der Waals surface area (Å²) in [5, 5.41) is 0. The number of rotatable bonds is 2. The van der Waals surface area contributed by atoms with Crippen LogP contribution in [0.5, 0.6) is 0 Å². The van der Waals surface area contributed by atoms with Crippen molar-refractivity contribution in [3.05, 3.63) is 42.5 Å². The molecule has 1 aromatic carbocycles. The molecule has 23 heavy (non-hydrogen) atoms. The number of hydrogen-bond donors (Lipinski definition) is 0. The third-order valence-electron chi connectivity index (χ3n) is 6.80. The first-order valence-electron chi connectivity index (χ1n) is 8.78. The summed E-state index contributed by atoms with van der Waals surface area (Å²) in [7, 11) is 0. The number of allylic oxidation sites excluding steroid dienone is 1. The number of hydrogen-bond acceptors (Lipinski definition) is 3. The van der Waals surface area contributed by atoms with Crippen LogP contribution in [0.25, 0.3) is 0 Å². The fraction of sp³-hybridized carbons (Fsp3) is 0.500. The van der Waals surface area contributed by atoms with Gasteiger partial charge in [-0.1, -0.05) is 24.3 Å². The molecule has 118 valence electrons. The molecule has 3 atom stereocenters. The van der Waals surface area contributed by atoms with E-state index in [1.165, 1.54) is 11.3 Å². The summed E-state index contributed by atoms with van der Waals surface area (Å²) in [6.45, 7) is 5.98. The molecule has 1 spiro atoms. The molecule has 0 amide bonds. The second-order valence-corrected chi connectivity index (χ2v) is 7.56. The van der Waals surface area contributed by atoms with E-state index in [2.05, 4.69) is 35.7 Å². The normalized spacial score (nSPS) is 37.8. The van der Waals surface area contributed by atoms with Crippen molar-refractivity contribution in [2.45, 2.75) is 43.6 Å². The van der Waals surface area contributed by atoms with Crippen LogP contribution >= 0.6 is 0 Å². The molecule has 3 heterocycles. The number of Topliss-reactive ketones (excluding diaryl/α,β-unsaturated/α-hetero) is 1. The first kappa shape index (κ1) is 13.7. The number of piperidine rings is 1. The number of para-hydroxylation sites is 1. The quantitative estimate of drug-likeness (QED) is 0.784. The fourth-order valence-electron chi connectivity index (χ4n) is 6.02. The standard InChI is InChI=1S/C20H22N2O/c1-2-9-19-10-7-16-20(14-5-3-4-6-15(14)21-16)11-13-22(18(19)20)12-8-17(19)23/h2-6,18H,1,7-13H2/t18-,19+,20-/m1/s1. The molecule has 0 radical (unpaired) electrons. The van der Waals surface area contributed by atoms with E-state index in [9.17, 15) is 4.79 Å². The van der Waals surface area contributed by atoms with Gasteiger partial charge < -0.3 is 0 Å². The van der Waals surface area contributed by atoms with Gasteiger partial charge in [0.05, 0.1) is 11.1 Å². The van der Waals surface area contributed by atoms with Crippen molar-refractivity contribution in [2.24, 2.45) is 10.4 Å². The van der Waals surface area contributed by atoms with Crippen LogP contribution in [0.2, 0.25) is 0 Å². The smallest absolute Gasteiger partial charge is 0.142 e. The number of nitrogens with zero attached hydrogens (tertiary/aromatic N) is 2. The van der Waals surface area contributed by atoms with E-state index >= 15 is 0 Å². The van der Waals surface area contributed by atoms with Gasteiger partial charge in [0.15, 0.2) is 0 Å². The van der Waals surface area contributed by atoms with E-state index in [0.717, 1.165) is 44.5 Å². The molecule has 3 nitrogen and oxygen atoms in total. The number of carbonyl (C=O) groups excluding carboxylic acids is 1. The maximum atomic E-state index is 13.0. The Morgan fingerprint density at radius 3 is 3.00 bits per heavy atom. The zero-order valence-electron chi connectivity index (χ0n) is 13.4. The van der Waals surface area contributed by atoms with Crippen LogP contribution in [-0.2, 0) is 10.2 Å². The van der Waals surface area contributed by atoms with E-state index in [1.807, 2.05) is 6.08 Å². The summed E-state index contributed by atoms with van der Waals surface area (Å²) in [4.78, 5) is 20.6. The summed E-state index contributed by atoms with van der Waals surface area (Å²) < 4.78 is 0. The monoisotopic (exact) mass is 306 g/mol. The molecular formula is C20H22N2O. The van der Waals surface area contributed by atoms with Crippen molar-refractivity contribution >= 4 is 17.2 Å². The SMILES string of the molecule is C=CC[C@]12CCC3=Nc4ccccc4[C@]34CCN(CCC1=O)[C@H]24. The molecule has 3 aliphatic heterocycles. The molecule has 4 aliphatic rings. The summed E-state index contributed by atoms with van der Waals surface area (Å²) >= 11 is 0. The lowest BCUT2D eigenvalue weighted by molar-refractivity contribution is -0.139. The minimum absolute atomic E-state index is 0.0199. The van der Waals surface area contributed by atoms with Crippen molar-refractivity contribution in [3.63, 3.8) is 0 Å². The molecule has 3 fully saturated rings. The van der Waals surface area contributed by atoms with Gasteiger partial charge >= 0.3 is 0 Å².